The average molecular weight is 510 g/mol. The van der Waals surface area contributed by atoms with Crippen LogP contribution in [0.3, 0.4) is 0 Å². The number of hydrogen-bond acceptors (Lipinski definition) is 5. The molecule has 0 bridgehead atoms. The molecule has 6 nitrogen and oxygen atoms in total. The van der Waals surface area contributed by atoms with Crippen molar-refractivity contribution in [2.24, 2.45) is 10.7 Å². The second-order valence-corrected chi connectivity index (χ2v) is 10.2. The summed E-state index contributed by atoms with van der Waals surface area (Å²) in [5.41, 5.74) is 10.3. The van der Waals surface area contributed by atoms with Crippen molar-refractivity contribution in [2.45, 2.75) is 40.0 Å². The van der Waals surface area contributed by atoms with Crippen molar-refractivity contribution in [1.82, 2.24) is 0 Å². The van der Waals surface area contributed by atoms with Gasteiger partial charge in [0.15, 0.2) is 0 Å². The van der Waals surface area contributed by atoms with Gasteiger partial charge < -0.3 is 10.6 Å². The Labute approximate surface area is 216 Å². The van der Waals surface area contributed by atoms with Gasteiger partial charge in [0.25, 0.3) is 10.1 Å². The van der Waals surface area contributed by atoms with Gasteiger partial charge in [-0.2, -0.15) is 8.42 Å². The van der Waals surface area contributed by atoms with Gasteiger partial charge in [-0.3, -0.25) is 9.55 Å². The molecular formula is C29H39N3O3S. The number of allylic oxidation sites excluding steroid dienone is 8. The minimum Gasteiger partial charge on any atom is -0.345 e. The average Bonchev–Trinajstić information content (AvgIpc) is 2.84. The maximum absolute atomic E-state index is 10.7. The predicted octanol–water partition coefficient (Wildman–Crippen LogP) is 6.00. The molecule has 2 aromatic rings. The fourth-order valence-electron chi connectivity index (χ4n) is 3.82. The Morgan fingerprint density at radius 2 is 1.72 bits per heavy atom. The summed E-state index contributed by atoms with van der Waals surface area (Å²) in [7, 11) is -3.88. The Balaban J connectivity index is 1.97. The number of aryl methyl sites for hydroxylation is 1. The van der Waals surface area contributed by atoms with Gasteiger partial charge in [-0.15, -0.1) is 0 Å². The van der Waals surface area contributed by atoms with Crippen LogP contribution in [-0.4, -0.2) is 44.1 Å². The summed E-state index contributed by atoms with van der Waals surface area (Å²) >= 11 is 0. The summed E-state index contributed by atoms with van der Waals surface area (Å²) in [5, 5.41) is 2.51. The third-order valence-electron chi connectivity index (χ3n) is 5.76. The van der Waals surface area contributed by atoms with E-state index in [1.807, 2.05) is 43.4 Å². The van der Waals surface area contributed by atoms with E-state index in [0.717, 1.165) is 24.4 Å². The van der Waals surface area contributed by atoms with Gasteiger partial charge in [0.05, 0.1) is 5.75 Å². The molecule has 36 heavy (non-hydrogen) atoms. The van der Waals surface area contributed by atoms with Crippen molar-refractivity contribution in [3.8, 4) is 0 Å². The molecular weight excluding hydrogens is 470 g/mol. The van der Waals surface area contributed by atoms with Crippen LogP contribution in [0.5, 0.6) is 0 Å². The highest BCUT2D eigenvalue weighted by atomic mass is 32.2. The Morgan fingerprint density at radius 3 is 2.47 bits per heavy atom. The van der Waals surface area contributed by atoms with Gasteiger partial charge in [-0.25, -0.2) is 0 Å². The molecule has 0 amide bonds. The van der Waals surface area contributed by atoms with E-state index in [0.29, 0.717) is 25.9 Å². The summed E-state index contributed by atoms with van der Waals surface area (Å²) in [6.45, 7) is 8.25. The number of benzene rings is 2. The molecule has 0 unspecified atom stereocenters. The molecule has 0 aliphatic rings. The minimum absolute atomic E-state index is 0.215. The van der Waals surface area contributed by atoms with Crippen LogP contribution in [-0.2, 0) is 10.1 Å². The number of rotatable bonds is 14. The van der Waals surface area contributed by atoms with Gasteiger partial charge in [0.1, 0.15) is 0 Å². The molecule has 0 spiro atoms. The van der Waals surface area contributed by atoms with Crippen LogP contribution in [0.2, 0.25) is 0 Å². The van der Waals surface area contributed by atoms with E-state index < -0.39 is 10.1 Å². The molecule has 0 aliphatic heterocycles. The number of nitrogens with zero attached hydrogens (tertiary/aromatic N) is 2. The third kappa shape index (κ3) is 10.3. The Bertz CT molecular complexity index is 1240. The summed E-state index contributed by atoms with van der Waals surface area (Å²) < 4.78 is 30.1. The maximum Gasteiger partial charge on any atom is 0.264 e. The SMILES string of the molecule is CC(/C=C/C=C/C=C/C=C(\C)N(CCCN)c1ccc2ccccc2c1C)=NCCCCS(=O)(=O)O. The second kappa shape index (κ2) is 15.2. The van der Waals surface area contributed by atoms with Crippen molar-refractivity contribution in [1.29, 1.82) is 0 Å². The van der Waals surface area contributed by atoms with Crippen LogP contribution in [0.4, 0.5) is 5.69 Å². The molecule has 2 aromatic carbocycles. The Hall–Kier alpha value is -3.00. The zero-order valence-electron chi connectivity index (χ0n) is 21.6. The van der Waals surface area contributed by atoms with Crippen LogP contribution in [0.1, 0.15) is 38.7 Å². The number of unbranched alkanes of at least 4 members (excludes halogenated alkanes) is 1. The van der Waals surface area contributed by atoms with E-state index in [4.69, 9.17) is 10.3 Å². The minimum atomic E-state index is -3.88. The smallest absolute Gasteiger partial charge is 0.264 e. The topological polar surface area (TPSA) is 96.0 Å². The van der Waals surface area contributed by atoms with Gasteiger partial charge in [0.2, 0.25) is 0 Å². The van der Waals surface area contributed by atoms with E-state index in [1.165, 1.54) is 22.0 Å². The highest BCUT2D eigenvalue weighted by Gasteiger charge is 2.12. The van der Waals surface area contributed by atoms with Crippen LogP contribution in [0.25, 0.3) is 10.8 Å². The first-order valence-corrected chi connectivity index (χ1v) is 13.9. The van der Waals surface area contributed by atoms with E-state index >= 15 is 0 Å². The number of aliphatic imine (C=N–C) groups is 1. The molecule has 0 saturated heterocycles. The van der Waals surface area contributed by atoms with Crippen molar-refractivity contribution >= 4 is 32.3 Å². The predicted molar refractivity (Wildman–Crippen MR) is 155 cm³/mol. The lowest BCUT2D eigenvalue weighted by molar-refractivity contribution is 0.480. The van der Waals surface area contributed by atoms with E-state index in [9.17, 15) is 8.42 Å². The van der Waals surface area contributed by atoms with Gasteiger partial charge in [0, 0.05) is 30.2 Å². The van der Waals surface area contributed by atoms with Gasteiger partial charge in [-0.1, -0.05) is 60.7 Å². The molecule has 2 rings (SSSR count). The van der Waals surface area contributed by atoms with Crippen molar-refractivity contribution in [2.75, 3.05) is 30.3 Å². The molecule has 0 heterocycles. The second-order valence-electron chi connectivity index (χ2n) is 8.68. The molecule has 7 heteroatoms. The quantitative estimate of drug-likeness (QED) is 0.141. The summed E-state index contributed by atoms with van der Waals surface area (Å²) in [4.78, 5) is 6.71. The lowest BCUT2D eigenvalue weighted by Gasteiger charge is -2.28. The van der Waals surface area contributed by atoms with Crippen molar-refractivity contribution in [3.05, 3.63) is 90.2 Å². The molecule has 0 atom stereocenters. The lowest BCUT2D eigenvalue weighted by Crippen LogP contribution is -2.25. The molecule has 194 valence electrons. The zero-order valence-corrected chi connectivity index (χ0v) is 22.4. The zero-order chi connectivity index (χ0) is 26.4. The van der Waals surface area contributed by atoms with Crippen LogP contribution in [0, 0.1) is 6.92 Å². The fourth-order valence-corrected chi connectivity index (χ4v) is 4.39. The van der Waals surface area contributed by atoms with Crippen molar-refractivity contribution in [3.63, 3.8) is 0 Å². The van der Waals surface area contributed by atoms with Crippen LogP contribution >= 0.6 is 0 Å². The lowest BCUT2D eigenvalue weighted by atomic mass is 10.0. The highest BCUT2D eigenvalue weighted by molar-refractivity contribution is 7.85. The highest BCUT2D eigenvalue weighted by Crippen LogP contribution is 2.30. The molecule has 3 N–H and O–H groups in total. The summed E-state index contributed by atoms with van der Waals surface area (Å²) in [5.74, 6) is -0.215. The van der Waals surface area contributed by atoms with Crippen LogP contribution < -0.4 is 10.6 Å². The summed E-state index contributed by atoms with van der Waals surface area (Å²) in [6.07, 6.45) is 15.8. The number of nitrogens with two attached hydrogens (primary N) is 1. The Morgan fingerprint density at radius 1 is 1.00 bits per heavy atom. The first-order chi connectivity index (χ1) is 17.2. The Kier molecular flexibility index (Phi) is 12.3. The normalized spacial score (nSPS) is 13.6. The monoisotopic (exact) mass is 509 g/mol. The number of hydrogen-bond donors (Lipinski definition) is 2. The standard InChI is InChI=1S/C29H39N3O3S/c1-24(31-21-11-12-23-36(33,34)35)14-7-5-4-6-8-15-25(2)32(22-13-20-30)29-19-18-27-16-9-10-17-28(27)26(29)3/h4-10,14-19H,11-13,20-23,30H2,1-3H3,(H,33,34,35)/b5-4+,8-6+,14-7+,25-15+,31-24?. The van der Waals surface area contributed by atoms with Gasteiger partial charge in [-0.05, 0) is 81.1 Å². The summed E-state index contributed by atoms with van der Waals surface area (Å²) in [6, 6.07) is 12.8. The van der Waals surface area contributed by atoms with E-state index in [-0.39, 0.29) is 5.75 Å². The number of anilines is 1. The number of fused-ring (bicyclic) bond motifs is 1. The first-order valence-electron chi connectivity index (χ1n) is 12.3. The molecule has 0 radical (unpaired) electrons. The molecule has 0 aliphatic carbocycles. The first kappa shape index (κ1) is 29.2. The largest absolute Gasteiger partial charge is 0.345 e. The fraction of sp³-hybridized carbons (Fsp3) is 0.345. The van der Waals surface area contributed by atoms with Crippen LogP contribution in [0.15, 0.2) is 89.6 Å². The molecule has 0 saturated carbocycles. The van der Waals surface area contributed by atoms with Crippen molar-refractivity contribution < 1.29 is 13.0 Å². The van der Waals surface area contributed by atoms with E-state index in [1.54, 1.807) is 0 Å². The molecule has 0 aromatic heterocycles. The van der Waals surface area contributed by atoms with Gasteiger partial charge >= 0.3 is 0 Å². The molecule has 0 fully saturated rings. The maximum atomic E-state index is 10.7. The third-order valence-corrected chi connectivity index (χ3v) is 6.57. The van der Waals surface area contributed by atoms with E-state index in [2.05, 4.69) is 66.2 Å².